The quantitative estimate of drug-likeness (QED) is 0.722. The van der Waals surface area contributed by atoms with Crippen molar-refractivity contribution in [3.8, 4) is 0 Å². The van der Waals surface area contributed by atoms with Crippen LogP contribution in [0, 0.1) is 5.92 Å². The summed E-state index contributed by atoms with van der Waals surface area (Å²) in [5, 5.41) is 0. The van der Waals surface area contributed by atoms with E-state index in [2.05, 4.69) is 25.7 Å². The molecule has 1 fully saturated rings. The second-order valence-corrected chi connectivity index (χ2v) is 4.42. The molecule has 2 atom stereocenters. The molecule has 0 saturated heterocycles. The molecule has 0 aliphatic heterocycles. The molecular weight excluding hydrogens is 160 g/mol. The van der Waals surface area contributed by atoms with Crippen molar-refractivity contribution in [3.05, 3.63) is 0 Å². The Morgan fingerprint density at radius 1 is 1.38 bits per heavy atom. The molecule has 2 N–H and O–H groups in total. The van der Waals surface area contributed by atoms with Gasteiger partial charge in [0, 0.05) is 12.1 Å². The monoisotopic (exact) mass is 184 g/mol. The first-order chi connectivity index (χ1) is 6.20. The molecule has 0 radical (unpaired) electrons. The van der Waals surface area contributed by atoms with Crippen molar-refractivity contribution in [2.24, 2.45) is 11.7 Å². The van der Waals surface area contributed by atoms with Crippen molar-refractivity contribution in [3.63, 3.8) is 0 Å². The molecule has 1 saturated carbocycles. The summed E-state index contributed by atoms with van der Waals surface area (Å²) >= 11 is 0. The molecule has 78 valence electrons. The first kappa shape index (κ1) is 11.0. The summed E-state index contributed by atoms with van der Waals surface area (Å²) in [6.07, 6.45) is 4.06. The van der Waals surface area contributed by atoms with Crippen LogP contribution in [0.2, 0.25) is 0 Å². The standard InChI is InChI=1S/C11H24N2/c1-4-13(9(2)3)11-7-5-6-10(11)8-12/h9-11H,4-8,12H2,1-3H3. The van der Waals surface area contributed by atoms with E-state index in [4.69, 9.17) is 5.73 Å². The first-order valence-electron chi connectivity index (χ1n) is 5.66. The highest BCUT2D eigenvalue weighted by molar-refractivity contribution is 4.86. The summed E-state index contributed by atoms with van der Waals surface area (Å²) in [5.74, 6) is 0.752. The van der Waals surface area contributed by atoms with Gasteiger partial charge in [0.1, 0.15) is 0 Å². The van der Waals surface area contributed by atoms with Gasteiger partial charge in [0.25, 0.3) is 0 Å². The molecule has 13 heavy (non-hydrogen) atoms. The number of rotatable bonds is 4. The SMILES string of the molecule is CCN(C(C)C)C1CCCC1CN. The smallest absolute Gasteiger partial charge is 0.0138 e. The van der Waals surface area contributed by atoms with E-state index in [9.17, 15) is 0 Å². The van der Waals surface area contributed by atoms with Gasteiger partial charge in [-0.3, -0.25) is 4.90 Å². The highest BCUT2D eigenvalue weighted by Gasteiger charge is 2.31. The summed E-state index contributed by atoms with van der Waals surface area (Å²) in [6, 6.07) is 1.43. The Labute approximate surface area is 82.5 Å². The predicted molar refractivity (Wildman–Crippen MR) is 57.7 cm³/mol. The van der Waals surface area contributed by atoms with Crippen molar-refractivity contribution >= 4 is 0 Å². The van der Waals surface area contributed by atoms with Crippen molar-refractivity contribution in [2.75, 3.05) is 13.1 Å². The van der Waals surface area contributed by atoms with E-state index in [-0.39, 0.29) is 0 Å². The second kappa shape index (κ2) is 4.97. The maximum atomic E-state index is 5.79. The summed E-state index contributed by atoms with van der Waals surface area (Å²) in [5.41, 5.74) is 5.79. The molecule has 0 aromatic rings. The summed E-state index contributed by atoms with van der Waals surface area (Å²) in [4.78, 5) is 2.60. The number of nitrogens with two attached hydrogens (primary N) is 1. The highest BCUT2D eigenvalue weighted by atomic mass is 15.2. The van der Waals surface area contributed by atoms with Gasteiger partial charge in [-0.2, -0.15) is 0 Å². The topological polar surface area (TPSA) is 29.3 Å². The lowest BCUT2D eigenvalue weighted by Gasteiger charge is -2.34. The molecule has 0 amide bonds. The first-order valence-corrected chi connectivity index (χ1v) is 5.66. The van der Waals surface area contributed by atoms with E-state index in [1.54, 1.807) is 0 Å². The lowest BCUT2D eigenvalue weighted by atomic mass is 10.0. The fourth-order valence-corrected chi connectivity index (χ4v) is 2.71. The predicted octanol–water partition coefficient (Wildman–Crippen LogP) is 1.84. The van der Waals surface area contributed by atoms with Gasteiger partial charge in [0.15, 0.2) is 0 Å². The molecule has 0 heterocycles. The zero-order valence-electron chi connectivity index (χ0n) is 9.29. The fourth-order valence-electron chi connectivity index (χ4n) is 2.71. The van der Waals surface area contributed by atoms with Gasteiger partial charge in [-0.25, -0.2) is 0 Å². The molecule has 1 aliphatic rings. The summed E-state index contributed by atoms with van der Waals surface area (Å²) in [7, 11) is 0. The van der Waals surface area contributed by atoms with E-state index in [0.717, 1.165) is 18.5 Å². The molecule has 2 nitrogen and oxygen atoms in total. The van der Waals surface area contributed by atoms with Crippen LogP contribution in [0.3, 0.4) is 0 Å². The van der Waals surface area contributed by atoms with Gasteiger partial charge in [0.05, 0.1) is 0 Å². The molecule has 0 spiro atoms. The maximum absolute atomic E-state index is 5.79. The molecule has 0 bridgehead atoms. The van der Waals surface area contributed by atoms with Crippen LogP contribution in [-0.2, 0) is 0 Å². The van der Waals surface area contributed by atoms with Crippen LogP contribution in [0.25, 0.3) is 0 Å². The van der Waals surface area contributed by atoms with Crippen LogP contribution in [0.15, 0.2) is 0 Å². The van der Waals surface area contributed by atoms with E-state index in [1.807, 2.05) is 0 Å². The molecule has 2 heteroatoms. The third kappa shape index (κ3) is 2.44. The Hall–Kier alpha value is -0.0800. The normalized spacial score (nSPS) is 29.1. The zero-order valence-corrected chi connectivity index (χ0v) is 9.29. The second-order valence-electron chi connectivity index (χ2n) is 4.42. The largest absolute Gasteiger partial charge is 0.330 e. The van der Waals surface area contributed by atoms with Gasteiger partial charge in [-0.15, -0.1) is 0 Å². The van der Waals surface area contributed by atoms with Crippen LogP contribution < -0.4 is 5.73 Å². The van der Waals surface area contributed by atoms with Crippen LogP contribution in [-0.4, -0.2) is 30.1 Å². The minimum absolute atomic E-state index is 0.669. The lowest BCUT2D eigenvalue weighted by molar-refractivity contribution is 0.132. The van der Waals surface area contributed by atoms with Gasteiger partial charge in [-0.1, -0.05) is 13.3 Å². The van der Waals surface area contributed by atoms with Crippen molar-refractivity contribution < 1.29 is 0 Å². The van der Waals surface area contributed by atoms with Crippen LogP contribution >= 0.6 is 0 Å². The Balaban J connectivity index is 2.56. The van der Waals surface area contributed by atoms with Gasteiger partial charge in [0.2, 0.25) is 0 Å². The molecule has 0 aromatic heterocycles. The van der Waals surface area contributed by atoms with Crippen molar-refractivity contribution in [1.29, 1.82) is 0 Å². The van der Waals surface area contributed by atoms with E-state index in [1.165, 1.54) is 25.8 Å². The fraction of sp³-hybridized carbons (Fsp3) is 1.00. The summed E-state index contributed by atoms with van der Waals surface area (Å²) in [6.45, 7) is 8.86. The van der Waals surface area contributed by atoms with Crippen molar-refractivity contribution in [2.45, 2.75) is 52.1 Å². The number of hydrogen-bond acceptors (Lipinski definition) is 2. The Kier molecular flexibility index (Phi) is 4.20. The Bertz CT molecular complexity index is 145. The average Bonchev–Trinajstić information content (AvgIpc) is 2.53. The molecule has 2 unspecified atom stereocenters. The molecular formula is C11H24N2. The minimum Gasteiger partial charge on any atom is -0.330 e. The Morgan fingerprint density at radius 2 is 2.08 bits per heavy atom. The molecule has 1 rings (SSSR count). The molecule has 0 aromatic carbocycles. The summed E-state index contributed by atoms with van der Waals surface area (Å²) < 4.78 is 0. The van der Waals surface area contributed by atoms with Crippen LogP contribution in [0.4, 0.5) is 0 Å². The van der Waals surface area contributed by atoms with Gasteiger partial charge in [-0.05, 0) is 45.7 Å². The van der Waals surface area contributed by atoms with E-state index in [0.29, 0.717) is 6.04 Å². The van der Waals surface area contributed by atoms with Gasteiger partial charge >= 0.3 is 0 Å². The van der Waals surface area contributed by atoms with Gasteiger partial charge < -0.3 is 5.73 Å². The molecule has 1 aliphatic carbocycles. The maximum Gasteiger partial charge on any atom is 0.0138 e. The average molecular weight is 184 g/mol. The lowest BCUT2D eigenvalue weighted by Crippen LogP contribution is -2.44. The van der Waals surface area contributed by atoms with Crippen molar-refractivity contribution in [1.82, 2.24) is 4.90 Å². The third-order valence-electron chi connectivity index (χ3n) is 3.38. The third-order valence-corrected chi connectivity index (χ3v) is 3.38. The number of nitrogens with zero attached hydrogens (tertiary/aromatic N) is 1. The van der Waals surface area contributed by atoms with E-state index < -0.39 is 0 Å². The minimum atomic E-state index is 0.669. The Morgan fingerprint density at radius 3 is 2.54 bits per heavy atom. The van der Waals surface area contributed by atoms with Crippen LogP contribution in [0.5, 0.6) is 0 Å². The van der Waals surface area contributed by atoms with E-state index >= 15 is 0 Å². The highest BCUT2D eigenvalue weighted by Crippen LogP contribution is 2.30. The van der Waals surface area contributed by atoms with Crippen LogP contribution in [0.1, 0.15) is 40.0 Å². The number of hydrogen-bond donors (Lipinski definition) is 1. The zero-order chi connectivity index (χ0) is 9.84.